The average Bonchev–Trinajstić information content (AvgIpc) is 3.16. The maximum Gasteiger partial charge on any atom is 0.333 e. The highest BCUT2D eigenvalue weighted by molar-refractivity contribution is 7.92. The van der Waals surface area contributed by atoms with Gasteiger partial charge >= 0.3 is 6.03 Å². The van der Waals surface area contributed by atoms with Crippen LogP contribution >= 0.6 is 11.3 Å². The van der Waals surface area contributed by atoms with Crippen molar-refractivity contribution in [3.63, 3.8) is 0 Å². The maximum absolute atomic E-state index is 12.7. The molecule has 0 spiro atoms. The second-order valence-electron chi connectivity index (χ2n) is 8.92. The average molecular weight is 449 g/mol. The monoisotopic (exact) mass is 448 g/mol. The summed E-state index contributed by atoms with van der Waals surface area (Å²) < 4.78 is 27.5. The maximum atomic E-state index is 12.7. The third kappa shape index (κ3) is 4.26. The Balaban J connectivity index is 1.57. The number of nitrogens with one attached hydrogen (secondary N) is 2. The largest absolute Gasteiger partial charge is 0.386 e. The number of urea groups is 1. The van der Waals surface area contributed by atoms with Gasteiger partial charge < -0.3 is 10.4 Å². The number of hydrogen-bond acceptors (Lipinski definition) is 5. The van der Waals surface area contributed by atoms with Gasteiger partial charge in [-0.15, -0.1) is 11.3 Å². The van der Waals surface area contributed by atoms with Gasteiger partial charge in [0.05, 0.1) is 5.60 Å². The minimum absolute atomic E-state index is 0.000336. The van der Waals surface area contributed by atoms with Crippen LogP contribution in [-0.4, -0.2) is 19.6 Å². The van der Waals surface area contributed by atoms with E-state index in [2.05, 4.69) is 29.1 Å². The van der Waals surface area contributed by atoms with Crippen LogP contribution in [0, 0.1) is 5.92 Å². The van der Waals surface area contributed by atoms with Crippen molar-refractivity contribution in [1.29, 1.82) is 0 Å². The first-order chi connectivity index (χ1) is 14.1. The zero-order valence-corrected chi connectivity index (χ0v) is 19.1. The van der Waals surface area contributed by atoms with E-state index >= 15 is 0 Å². The third-order valence-corrected chi connectivity index (χ3v) is 8.92. The fourth-order valence-electron chi connectivity index (χ4n) is 4.15. The van der Waals surface area contributed by atoms with Crippen LogP contribution < -0.4 is 10.0 Å². The summed E-state index contributed by atoms with van der Waals surface area (Å²) in [6, 6.07) is 4.89. The highest BCUT2D eigenvalue weighted by Gasteiger charge is 2.32. The predicted molar refractivity (Wildman–Crippen MR) is 119 cm³/mol. The molecule has 1 fully saturated rings. The molecule has 0 unspecified atom stereocenters. The van der Waals surface area contributed by atoms with Gasteiger partial charge in [-0.25, -0.2) is 17.9 Å². The fraction of sp³-hybridized carbons (Fsp3) is 0.500. The van der Waals surface area contributed by atoms with Crippen LogP contribution in [0.25, 0.3) is 0 Å². The standard InChI is InChI=1S/C22H28N2O4S2/c1-13(14-7-8-14)17-10-9-15-5-4-6-18(15)20(17)23-21(25)24-30(27,28)19-11-16(12-29-19)22(2,3)26/h9-14,26H,4-8H2,1-3H3,(H2,23,24,25)/t13-/m0/s1. The van der Waals surface area contributed by atoms with Crippen molar-refractivity contribution in [3.05, 3.63) is 45.8 Å². The number of carbonyl (C=O) groups excluding carboxylic acids is 1. The van der Waals surface area contributed by atoms with Crippen LogP contribution in [0.4, 0.5) is 10.5 Å². The Bertz CT molecular complexity index is 1080. The molecule has 0 aliphatic heterocycles. The molecule has 3 N–H and O–H groups in total. The number of aliphatic hydroxyl groups is 1. The van der Waals surface area contributed by atoms with Crippen LogP contribution in [0.2, 0.25) is 0 Å². The number of aryl methyl sites for hydroxylation is 1. The van der Waals surface area contributed by atoms with Gasteiger partial charge in [0.15, 0.2) is 0 Å². The normalized spacial score (nSPS) is 17.5. The Morgan fingerprint density at radius 1 is 1.27 bits per heavy atom. The Labute approximate surface area is 181 Å². The van der Waals surface area contributed by atoms with Crippen LogP contribution in [0.15, 0.2) is 27.8 Å². The van der Waals surface area contributed by atoms with Crippen molar-refractivity contribution in [1.82, 2.24) is 4.72 Å². The molecule has 162 valence electrons. The Hall–Kier alpha value is -1.90. The van der Waals surface area contributed by atoms with Gasteiger partial charge in [0.2, 0.25) is 0 Å². The lowest BCUT2D eigenvalue weighted by Crippen LogP contribution is -2.34. The number of rotatable bonds is 6. The molecule has 4 rings (SSSR count). The quantitative estimate of drug-likeness (QED) is 0.607. The summed E-state index contributed by atoms with van der Waals surface area (Å²) in [6.45, 7) is 5.35. The summed E-state index contributed by atoms with van der Waals surface area (Å²) in [5, 5.41) is 14.5. The second-order valence-corrected chi connectivity index (χ2v) is 11.7. The molecule has 1 aromatic heterocycles. The second kappa shape index (κ2) is 7.66. The van der Waals surface area contributed by atoms with Gasteiger partial charge in [-0.1, -0.05) is 19.1 Å². The van der Waals surface area contributed by atoms with E-state index in [1.54, 1.807) is 19.2 Å². The van der Waals surface area contributed by atoms with Gasteiger partial charge in [0, 0.05) is 5.69 Å². The number of benzene rings is 1. The molecular formula is C22H28N2O4S2. The van der Waals surface area contributed by atoms with E-state index < -0.39 is 21.7 Å². The molecule has 2 amide bonds. The summed E-state index contributed by atoms with van der Waals surface area (Å²) >= 11 is 0.982. The Kier molecular flexibility index (Phi) is 5.45. The molecule has 1 heterocycles. The zero-order valence-electron chi connectivity index (χ0n) is 17.5. The van der Waals surface area contributed by atoms with Gasteiger partial charge in [-0.05, 0) is 91.5 Å². The zero-order chi connectivity index (χ0) is 21.7. The molecular weight excluding hydrogens is 420 g/mol. The van der Waals surface area contributed by atoms with E-state index in [1.165, 1.54) is 24.5 Å². The Morgan fingerprint density at radius 2 is 2.00 bits per heavy atom. The summed E-state index contributed by atoms with van der Waals surface area (Å²) in [7, 11) is -4.02. The highest BCUT2D eigenvalue weighted by Crippen LogP contribution is 2.46. The molecule has 0 saturated heterocycles. The summed E-state index contributed by atoms with van der Waals surface area (Å²) in [6.07, 6.45) is 5.31. The molecule has 2 aromatic rings. The Morgan fingerprint density at radius 3 is 2.63 bits per heavy atom. The lowest BCUT2D eigenvalue weighted by Gasteiger charge is -2.20. The third-order valence-electron chi connectivity index (χ3n) is 6.15. The molecule has 2 aliphatic rings. The van der Waals surface area contributed by atoms with E-state index in [0.29, 0.717) is 17.4 Å². The number of thiophene rings is 1. The van der Waals surface area contributed by atoms with Crippen LogP contribution in [-0.2, 0) is 28.5 Å². The van der Waals surface area contributed by atoms with Gasteiger partial charge in [0.1, 0.15) is 4.21 Å². The summed E-state index contributed by atoms with van der Waals surface area (Å²) in [4.78, 5) is 12.7. The van der Waals surface area contributed by atoms with Crippen molar-refractivity contribution < 1.29 is 18.3 Å². The number of anilines is 1. The van der Waals surface area contributed by atoms with Crippen molar-refractivity contribution >= 4 is 33.1 Å². The van der Waals surface area contributed by atoms with Gasteiger partial charge in [0.25, 0.3) is 10.0 Å². The molecule has 8 heteroatoms. The minimum atomic E-state index is -4.02. The van der Waals surface area contributed by atoms with E-state index in [0.717, 1.165) is 47.4 Å². The first kappa shape index (κ1) is 21.3. The molecule has 0 bridgehead atoms. The number of amides is 2. The van der Waals surface area contributed by atoms with Gasteiger partial charge in [-0.3, -0.25) is 0 Å². The molecule has 1 saturated carbocycles. The first-order valence-corrected chi connectivity index (χ1v) is 12.7. The number of carbonyl (C=O) groups is 1. The fourth-order valence-corrected chi connectivity index (χ4v) is 6.40. The van der Waals surface area contributed by atoms with E-state index in [1.807, 2.05) is 0 Å². The number of fused-ring (bicyclic) bond motifs is 1. The van der Waals surface area contributed by atoms with Crippen molar-refractivity contribution in [3.8, 4) is 0 Å². The lowest BCUT2D eigenvalue weighted by atomic mass is 9.91. The molecule has 1 aromatic carbocycles. The molecule has 1 atom stereocenters. The first-order valence-electron chi connectivity index (χ1n) is 10.4. The summed E-state index contributed by atoms with van der Waals surface area (Å²) in [5.41, 5.74) is 3.58. The van der Waals surface area contributed by atoms with E-state index in [9.17, 15) is 18.3 Å². The van der Waals surface area contributed by atoms with Crippen LogP contribution in [0.5, 0.6) is 0 Å². The lowest BCUT2D eigenvalue weighted by molar-refractivity contribution is 0.0789. The van der Waals surface area contributed by atoms with E-state index in [4.69, 9.17) is 0 Å². The topological polar surface area (TPSA) is 95.5 Å². The molecule has 30 heavy (non-hydrogen) atoms. The van der Waals surface area contributed by atoms with Crippen LogP contribution in [0.3, 0.4) is 0 Å². The van der Waals surface area contributed by atoms with Crippen molar-refractivity contribution in [2.24, 2.45) is 5.92 Å². The number of sulfonamides is 1. The SMILES string of the molecule is C[C@H](c1ccc2c(c1NC(=O)NS(=O)(=O)c1cc(C(C)(C)O)cs1)CCC2)C1CC1. The molecule has 2 aliphatic carbocycles. The molecule has 0 radical (unpaired) electrons. The predicted octanol–water partition coefficient (Wildman–Crippen LogP) is 4.49. The number of hydrogen-bond donors (Lipinski definition) is 3. The summed E-state index contributed by atoms with van der Waals surface area (Å²) in [5.74, 6) is 0.956. The molecule has 6 nitrogen and oxygen atoms in total. The van der Waals surface area contributed by atoms with Crippen molar-refractivity contribution in [2.75, 3.05) is 5.32 Å². The van der Waals surface area contributed by atoms with Crippen LogP contribution in [0.1, 0.15) is 68.2 Å². The van der Waals surface area contributed by atoms with Gasteiger partial charge in [-0.2, -0.15) is 0 Å². The van der Waals surface area contributed by atoms with E-state index in [-0.39, 0.29) is 4.21 Å². The van der Waals surface area contributed by atoms with Crippen molar-refractivity contribution in [2.45, 2.75) is 68.6 Å². The highest BCUT2D eigenvalue weighted by atomic mass is 32.2. The minimum Gasteiger partial charge on any atom is -0.386 e. The smallest absolute Gasteiger partial charge is 0.333 e.